The van der Waals surface area contributed by atoms with Crippen LogP contribution in [0.15, 0.2) is 12.1 Å². The van der Waals surface area contributed by atoms with E-state index in [0.717, 1.165) is 0 Å². The van der Waals surface area contributed by atoms with Crippen LogP contribution >= 0.6 is 8.38 Å². The maximum atomic E-state index is 5.71. The van der Waals surface area contributed by atoms with Crippen LogP contribution in [0.4, 0.5) is 0 Å². The van der Waals surface area contributed by atoms with E-state index in [1.807, 2.05) is 13.8 Å². The van der Waals surface area contributed by atoms with E-state index in [0.29, 0.717) is 13.2 Å². The van der Waals surface area contributed by atoms with Gasteiger partial charge in [0.2, 0.25) is 8.38 Å². The summed E-state index contributed by atoms with van der Waals surface area (Å²) in [5, 5.41) is 1.24. The molecule has 0 bridgehead atoms. The first-order valence-corrected chi connectivity index (χ1v) is 6.91. The molecule has 1 aromatic carbocycles. The molecule has 0 radical (unpaired) electrons. The van der Waals surface area contributed by atoms with E-state index in [1.165, 1.54) is 22.0 Å². The van der Waals surface area contributed by atoms with Gasteiger partial charge in [-0.15, -0.1) is 0 Å². The molecule has 0 atom stereocenters. The Hall–Kier alpha value is -0.430. The van der Waals surface area contributed by atoms with Gasteiger partial charge in [-0.05, 0) is 45.7 Å². The van der Waals surface area contributed by atoms with Gasteiger partial charge in [-0.2, -0.15) is 0 Å². The molecule has 2 nitrogen and oxygen atoms in total. The fraction of sp³-hybridized carbons (Fsp3) is 0.538. The molecule has 0 amide bonds. The van der Waals surface area contributed by atoms with E-state index in [9.17, 15) is 0 Å². The summed E-state index contributed by atoms with van der Waals surface area (Å²) in [7, 11) is -0.910. The zero-order chi connectivity index (χ0) is 12.1. The van der Waals surface area contributed by atoms with Gasteiger partial charge in [0.25, 0.3) is 0 Å². The van der Waals surface area contributed by atoms with Gasteiger partial charge in [0, 0.05) is 5.30 Å². The Labute approximate surface area is 99.9 Å². The molecule has 0 aliphatic rings. The maximum absolute atomic E-state index is 5.71. The molecule has 0 aliphatic heterocycles. The first-order valence-electron chi connectivity index (χ1n) is 5.74. The average molecular weight is 240 g/mol. The first kappa shape index (κ1) is 13.6. The Bertz CT molecular complexity index is 321. The molecular weight excluding hydrogens is 219 g/mol. The van der Waals surface area contributed by atoms with Crippen molar-refractivity contribution in [3.63, 3.8) is 0 Å². The van der Waals surface area contributed by atoms with Gasteiger partial charge in [0.15, 0.2) is 0 Å². The van der Waals surface area contributed by atoms with Crippen molar-refractivity contribution >= 4 is 13.7 Å². The molecule has 0 saturated heterocycles. The lowest BCUT2D eigenvalue weighted by Crippen LogP contribution is -2.14. The summed E-state index contributed by atoms with van der Waals surface area (Å²) in [4.78, 5) is 0. The molecule has 0 heterocycles. The van der Waals surface area contributed by atoms with Crippen molar-refractivity contribution in [3.8, 4) is 0 Å². The molecule has 0 fully saturated rings. The summed E-state index contributed by atoms with van der Waals surface area (Å²) >= 11 is 0. The minimum atomic E-state index is -0.910. The average Bonchev–Trinajstić information content (AvgIpc) is 2.16. The lowest BCUT2D eigenvalue weighted by atomic mass is 10.1. The summed E-state index contributed by atoms with van der Waals surface area (Å²) < 4.78 is 11.4. The summed E-state index contributed by atoms with van der Waals surface area (Å²) in [6.07, 6.45) is 0. The Morgan fingerprint density at radius 1 is 0.938 bits per heavy atom. The predicted octanol–water partition coefficient (Wildman–Crippen LogP) is 3.62. The van der Waals surface area contributed by atoms with Crippen molar-refractivity contribution in [1.29, 1.82) is 0 Å². The second-order valence-electron chi connectivity index (χ2n) is 3.84. The summed E-state index contributed by atoms with van der Waals surface area (Å²) in [5.74, 6) is 0. The largest absolute Gasteiger partial charge is 0.331 e. The molecule has 0 unspecified atom stereocenters. The third-order valence-corrected chi connectivity index (χ3v) is 4.37. The fourth-order valence-electron chi connectivity index (χ4n) is 1.86. The van der Waals surface area contributed by atoms with Crippen molar-refractivity contribution in [2.75, 3.05) is 13.2 Å². The van der Waals surface area contributed by atoms with Crippen LogP contribution in [0.1, 0.15) is 30.5 Å². The Balaban J connectivity index is 3.07. The van der Waals surface area contributed by atoms with Crippen molar-refractivity contribution in [1.82, 2.24) is 0 Å². The van der Waals surface area contributed by atoms with Crippen LogP contribution in [0.3, 0.4) is 0 Å². The number of rotatable bonds is 5. The van der Waals surface area contributed by atoms with Crippen LogP contribution < -0.4 is 5.30 Å². The standard InChI is InChI=1S/C13H21O2P/c1-6-14-16(15-7-2)13-11(4)8-10(3)9-12(13)5/h8-9H,6-7H2,1-5H3. The zero-order valence-electron chi connectivity index (χ0n) is 10.8. The highest BCUT2D eigenvalue weighted by Crippen LogP contribution is 2.39. The van der Waals surface area contributed by atoms with Crippen LogP contribution in [0.5, 0.6) is 0 Å². The molecule has 0 saturated carbocycles. The number of hydrogen-bond acceptors (Lipinski definition) is 2. The third kappa shape index (κ3) is 3.28. The highest BCUT2D eigenvalue weighted by atomic mass is 31.2. The molecule has 0 aromatic heterocycles. The fourth-order valence-corrected chi connectivity index (χ4v) is 3.37. The van der Waals surface area contributed by atoms with Crippen LogP contribution in [-0.2, 0) is 9.05 Å². The van der Waals surface area contributed by atoms with Gasteiger partial charge in [-0.3, -0.25) is 0 Å². The van der Waals surface area contributed by atoms with E-state index >= 15 is 0 Å². The summed E-state index contributed by atoms with van der Waals surface area (Å²) in [6, 6.07) is 4.38. The summed E-state index contributed by atoms with van der Waals surface area (Å²) in [6.45, 7) is 11.8. The van der Waals surface area contributed by atoms with Gasteiger partial charge in [0.05, 0.1) is 13.2 Å². The maximum Gasteiger partial charge on any atom is 0.205 e. The minimum Gasteiger partial charge on any atom is -0.331 e. The molecule has 0 spiro atoms. The Morgan fingerprint density at radius 3 is 1.75 bits per heavy atom. The Kier molecular flexibility index (Phi) is 5.40. The summed E-state index contributed by atoms with van der Waals surface area (Å²) in [5.41, 5.74) is 3.83. The molecule has 16 heavy (non-hydrogen) atoms. The van der Waals surface area contributed by atoms with Gasteiger partial charge in [-0.1, -0.05) is 17.7 Å². The predicted molar refractivity (Wildman–Crippen MR) is 70.5 cm³/mol. The zero-order valence-corrected chi connectivity index (χ0v) is 11.7. The topological polar surface area (TPSA) is 18.5 Å². The second kappa shape index (κ2) is 6.34. The van der Waals surface area contributed by atoms with E-state index in [4.69, 9.17) is 9.05 Å². The van der Waals surface area contributed by atoms with Crippen LogP contribution in [-0.4, -0.2) is 13.2 Å². The van der Waals surface area contributed by atoms with Crippen molar-refractivity contribution in [2.45, 2.75) is 34.6 Å². The van der Waals surface area contributed by atoms with Gasteiger partial charge < -0.3 is 9.05 Å². The van der Waals surface area contributed by atoms with E-state index in [-0.39, 0.29) is 0 Å². The molecule has 90 valence electrons. The van der Waals surface area contributed by atoms with E-state index in [1.54, 1.807) is 0 Å². The molecule has 1 aromatic rings. The minimum absolute atomic E-state index is 0.693. The van der Waals surface area contributed by atoms with Crippen molar-refractivity contribution < 1.29 is 9.05 Å². The second-order valence-corrected chi connectivity index (χ2v) is 5.32. The van der Waals surface area contributed by atoms with Crippen LogP contribution in [0.2, 0.25) is 0 Å². The Morgan fingerprint density at radius 2 is 1.38 bits per heavy atom. The lowest BCUT2D eigenvalue weighted by molar-refractivity contribution is 0.277. The van der Waals surface area contributed by atoms with Crippen molar-refractivity contribution in [3.05, 3.63) is 28.8 Å². The smallest absolute Gasteiger partial charge is 0.205 e. The van der Waals surface area contributed by atoms with Crippen molar-refractivity contribution in [2.24, 2.45) is 0 Å². The quantitative estimate of drug-likeness (QED) is 0.732. The third-order valence-electron chi connectivity index (χ3n) is 2.31. The van der Waals surface area contributed by atoms with E-state index < -0.39 is 8.38 Å². The highest BCUT2D eigenvalue weighted by molar-refractivity contribution is 7.56. The molecule has 0 N–H and O–H groups in total. The number of aryl methyl sites for hydroxylation is 3. The van der Waals surface area contributed by atoms with E-state index in [2.05, 4.69) is 32.9 Å². The number of hydrogen-bond donors (Lipinski definition) is 0. The van der Waals surface area contributed by atoms with Gasteiger partial charge in [0.1, 0.15) is 0 Å². The molecule has 0 aliphatic carbocycles. The van der Waals surface area contributed by atoms with Gasteiger partial charge >= 0.3 is 0 Å². The monoisotopic (exact) mass is 240 g/mol. The first-order chi connectivity index (χ1) is 7.60. The van der Waals surface area contributed by atoms with Crippen LogP contribution in [0, 0.1) is 20.8 Å². The van der Waals surface area contributed by atoms with Gasteiger partial charge in [-0.25, -0.2) is 0 Å². The lowest BCUT2D eigenvalue weighted by Gasteiger charge is -2.20. The molecule has 3 heteroatoms. The highest BCUT2D eigenvalue weighted by Gasteiger charge is 2.18. The van der Waals surface area contributed by atoms with Crippen LogP contribution in [0.25, 0.3) is 0 Å². The molecule has 1 rings (SSSR count). The SMILES string of the molecule is CCOP(OCC)c1c(C)cc(C)cc1C. The normalized spacial score (nSPS) is 11.1. The number of benzene rings is 1. The molecular formula is C13H21O2P.